The number of imide groups is 1. The van der Waals surface area contributed by atoms with Gasteiger partial charge in [0.15, 0.2) is 0 Å². The third kappa shape index (κ3) is 7.50. The van der Waals surface area contributed by atoms with E-state index in [9.17, 15) is 14.4 Å². The molecular formula is C17H30N2O6. The summed E-state index contributed by atoms with van der Waals surface area (Å²) in [5, 5.41) is 2.74. The largest absolute Gasteiger partial charge is 0.385 e. The average molecular weight is 358 g/mol. The summed E-state index contributed by atoms with van der Waals surface area (Å²) in [5.74, 6) is -0.597. The number of carbonyl (C=O) groups is 3. The molecule has 0 saturated carbocycles. The smallest absolute Gasteiger partial charge is 0.243 e. The van der Waals surface area contributed by atoms with Crippen LogP contribution in [-0.2, 0) is 28.6 Å². The van der Waals surface area contributed by atoms with Gasteiger partial charge < -0.3 is 19.5 Å². The van der Waals surface area contributed by atoms with E-state index < -0.39 is 6.04 Å². The van der Waals surface area contributed by atoms with E-state index in [0.29, 0.717) is 39.4 Å². The van der Waals surface area contributed by atoms with E-state index in [4.69, 9.17) is 14.2 Å². The molecule has 2 atom stereocenters. The molecule has 0 bridgehead atoms. The summed E-state index contributed by atoms with van der Waals surface area (Å²) in [6.45, 7) is 4.39. The molecule has 3 amide bonds. The Labute approximate surface area is 149 Å². The molecule has 1 fully saturated rings. The van der Waals surface area contributed by atoms with Crippen molar-refractivity contribution in [3.05, 3.63) is 0 Å². The Morgan fingerprint density at radius 2 is 1.80 bits per heavy atom. The van der Waals surface area contributed by atoms with Crippen molar-refractivity contribution in [2.75, 3.05) is 47.2 Å². The van der Waals surface area contributed by atoms with Crippen LogP contribution in [0.5, 0.6) is 0 Å². The molecule has 0 aliphatic carbocycles. The third-order valence-corrected chi connectivity index (χ3v) is 4.11. The van der Waals surface area contributed by atoms with Gasteiger partial charge in [-0.05, 0) is 19.8 Å². The highest BCUT2D eigenvalue weighted by molar-refractivity contribution is 6.05. The molecule has 0 aromatic carbocycles. The molecule has 1 heterocycles. The first kappa shape index (κ1) is 21.5. The van der Waals surface area contributed by atoms with Crippen molar-refractivity contribution in [2.24, 2.45) is 5.92 Å². The van der Waals surface area contributed by atoms with Gasteiger partial charge in [-0.2, -0.15) is 0 Å². The molecule has 8 nitrogen and oxygen atoms in total. The van der Waals surface area contributed by atoms with Crippen LogP contribution in [-0.4, -0.2) is 75.9 Å². The first-order valence-electron chi connectivity index (χ1n) is 8.69. The van der Waals surface area contributed by atoms with E-state index in [0.717, 1.165) is 11.3 Å². The van der Waals surface area contributed by atoms with Crippen LogP contribution in [0.3, 0.4) is 0 Å². The second-order valence-electron chi connectivity index (χ2n) is 6.16. The minimum Gasteiger partial charge on any atom is -0.385 e. The van der Waals surface area contributed by atoms with Gasteiger partial charge in [0.2, 0.25) is 17.7 Å². The zero-order chi connectivity index (χ0) is 18.7. The van der Waals surface area contributed by atoms with Crippen LogP contribution in [0, 0.1) is 5.92 Å². The lowest BCUT2D eigenvalue weighted by Gasteiger charge is -2.21. The molecule has 1 aliphatic rings. The summed E-state index contributed by atoms with van der Waals surface area (Å²) in [5.41, 5.74) is 0. The van der Waals surface area contributed by atoms with Crippen LogP contribution in [0.15, 0.2) is 0 Å². The standard InChI is InChI=1S/C17H30N2O6/c1-13(19-15(20)5-6-16(19)21)17(22)18-8-4-9-25-12-14(11-24-3)7-10-23-2/h13-14H,4-12H2,1-3H3,(H,18,22). The van der Waals surface area contributed by atoms with Crippen LogP contribution in [0.1, 0.15) is 32.6 Å². The van der Waals surface area contributed by atoms with Crippen LogP contribution in [0.4, 0.5) is 0 Å². The third-order valence-electron chi connectivity index (χ3n) is 4.11. The molecule has 144 valence electrons. The summed E-state index contributed by atoms with van der Waals surface area (Å²) in [6.07, 6.45) is 1.91. The Kier molecular flexibility index (Phi) is 10.3. The van der Waals surface area contributed by atoms with Gasteiger partial charge in [-0.3, -0.25) is 19.3 Å². The first-order valence-corrected chi connectivity index (χ1v) is 8.69. The molecule has 0 spiro atoms. The lowest BCUT2D eigenvalue weighted by Crippen LogP contribution is -2.47. The molecule has 1 saturated heterocycles. The zero-order valence-electron chi connectivity index (χ0n) is 15.4. The number of nitrogens with zero attached hydrogens (tertiary/aromatic N) is 1. The molecule has 25 heavy (non-hydrogen) atoms. The summed E-state index contributed by atoms with van der Waals surface area (Å²) < 4.78 is 15.8. The number of hydrogen-bond donors (Lipinski definition) is 1. The maximum absolute atomic E-state index is 12.0. The number of methoxy groups -OCH3 is 2. The fraction of sp³-hybridized carbons (Fsp3) is 0.824. The van der Waals surface area contributed by atoms with E-state index in [1.807, 2.05) is 0 Å². The monoisotopic (exact) mass is 358 g/mol. The minimum atomic E-state index is -0.761. The number of amides is 3. The Hall–Kier alpha value is -1.51. The second-order valence-corrected chi connectivity index (χ2v) is 6.16. The van der Waals surface area contributed by atoms with E-state index >= 15 is 0 Å². The number of nitrogens with one attached hydrogen (secondary N) is 1. The quantitative estimate of drug-likeness (QED) is 0.377. The molecule has 0 radical (unpaired) electrons. The van der Waals surface area contributed by atoms with Crippen LogP contribution in [0.2, 0.25) is 0 Å². The van der Waals surface area contributed by atoms with Gasteiger partial charge in [-0.25, -0.2) is 0 Å². The Balaban J connectivity index is 2.16. The van der Waals surface area contributed by atoms with Crippen molar-refractivity contribution >= 4 is 17.7 Å². The molecule has 0 aromatic rings. The Bertz CT molecular complexity index is 427. The molecule has 1 N–H and O–H groups in total. The molecule has 8 heteroatoms. The fourth-order valence-electron chi connectivity index (χ4n) is 2.66. The lowest BCUT2D eigenvalue weighted by atomic mass is 10.1. The van der Waals surface area contributed by atoms with Crippen LogP contribution < -0.4 is 5.32 Å². The van der Waals surface area contributed by atoms with E-state index in [2.05, 4.69) is 5.32 Å². The van der Waals surface area contributed by atoms with Gasteiger partial charge in [0, 0.05) is 52.7 Å². The van der Waals surface area contributed by atoms with Crippen molar-refractivity contribution in [3.8, 4) is 0 Å². The van der Waals surface area contributed by atoms with Crippen LogP contribution in [0.25, 0.3) is 0 Å². The number of carbonyl (C=O) groups excluding carboxylic acids is 3. The van der Waals surface area contributed by atoms with Gasteiger partial charge in [-0.15, -0.1) is 0 Å². The topological polar surface area (TPSA) is 94.2 Å². The van der Waals surface area contributed by atoms with E-state index in [1.54, 1.807) is 21.1 Å². The van der Waals surface area contributed by atoms with Gasteiger partial charge in [0.25, 0.3) is 0 Å². The lowest BCUT2D eigenvalue weighted by molar-refractivity contribution is -0.146. The molecule has 2 unspecified atom stereocenters. The zero-order valence-corrected chi connectivity index (χ0v) is 15.4. The number of likely N-dealkylation sites (tertiary alicyclic amines) is 1. The van der Waals surface area contributed by atoms with Crippen molar-refractivity contribution in [3.63, 3.8) is 0 Å². The van der Waals surface area contributed by atoms with Gasteiger partial charge >= 0.3 is 0 Å². The normalized spacial score (nSPS) is 17.0. The molecule has 0 aromatic heterocycles. The summed E-state index contributed by atoms with van der Waals surface area (Å²) in [6, 6.07) is -0.761. The molecular weight excluding hydrogens is 328 g/mol. The summed E-state index contributed by atoms with van der Waals surface area (Å²) >= 11 is 0. The fourth-order valence-corrected chi connectivity index (χ4v) is 2.66. The minimum absolute atomic E-state index is 0.190. The number of hydrogen-bond acceptors (Lipinski definition) is 6. The summed E-state index contributed by atoms with van der Waals surface area (Å²) in [7, 11) is 3.32. The number of ether oxygens (including phenoxy) is 3. The maximum atomic E-state index is 12.0. The van der Waals surface area contributed by atoms with Crippen molar-refractivity contribution < 1.29 is 28.6 Å². The summed E-state index contributed by atoms with van der Waals surface area (Å²) in [4.78, 5) is 36.3. The average Bonchev–Trinajstić information content (AvgIpc) is 2.93. The van der Waals surface area contributed by atoms with Crippen LogP contribution >= 0.6 is 0 Å². The second kappa shape index (κ2) is 11.9. The van der Waals surface area contributed by atoms with Crippen molar-refractivity contribution in [1.82, 2.24) is 10.2 Å². The Morgan fingerprint density at radius 3 is 2.40 bits per heavy atom. The van der Waals surface area contributed by atoms with E-state index in [-0.39, 0.29) is 36.5 Å². The SMILES string of the molecule is COCCC(COC)COCCCNC(=O)C(C)N1C(=O)CCC1=O. The highest BCUT2D eigenvalue weighted by Crippen LogP contribution is 2.15. The highest BCUT2D eigenvalue weighted by Gasteiger charge is 2.35. The molecule has 1 rings (SSSR count). The van der Waals surface area contributed by atoms with Crippen molar-refractivity contribution in [1.29, 1.82) is 0 Å². The van der Waals surface area contributed by atoms with E-state index in [1.165, 1.54) is 0 Å². The number of rotatable bonds is 13. The Morgan fingerprint density at radius 1 is 1.12 bits per heavy atom. The van der Waals surface area contributed by atoms with Gasteiger partial charge in [-0.1, -0.05) is 0 Å². The molecule has 1 aliphatic heterocycles. The first-order chi connectivity index (χ1) is 12.0. The maximum Gasteiger partial charge on any atom is 0.243 e. The highest BCUT2D eigenvalue weighted by atomic mass is 16.5. The predicted octanol–water partition coefficient (Wildman–Crippen LogP) is 0.346. The van der Waals surface area contributed by atoms with Gasteiger partial charge in [0.1, 0.15) is 6.04 Å². The van der Waals surface area contributed by atoms with Gasteiger partial charge in [0.05, 0.1) is 13.2 Å². The predicted molar refractivity (Wildman–Crippen MR) is 90.9 cm³/mol. The van der Waals surface area contributed by atoms with Crippen molar-refractivity contribution in [2.45, 2.75) is 38.6 Å².